The molecule has 2 aromatic carbocycles. The summed E-state index contributed by atoms with van der Waals surface area (Å²) in [6, 6.07) is 13.1. The summed E-state index contributed by atoms with van der Waals surface area (Å²) in [5, 5.41) is 8.54. The number of allylic oxidation sites excluding steroid dienone is 1. The molecule has 0 fully saturated rings. The molecule has 3 rings (SSSR count). The van der Waals surface area contributed by atoms with E-state index in [4.69, 9.17) is 16.3 Å². The van der Waals surface area contributed by atoms with Crippen LogP contribution in [0.5, 0.6) is 5.75 Å². The van der Waals surface area contributed by atoms with Gasteiger partial charge in [-0.25, -0.2) is 4.79 Å². The van der Waals surface area contributed by atoms with Gasteiger partial charge in [0, 0.05) is 17.9 Å². The SMILES string of the molecule is Br.CCCCCCCCCCCCCCOc1c(Cl)cccc1NC(=O)Nc1cccc(CN2CSC=C2C)c1. The van der Waals surface area contributed by atoms with Gasteiger partial charge < -0.3 is 20.3 Å². The summed E-state index contributed by atoms with van der Waals surface area (Å²) < 4.78 is 6.03. The van der Waals surface area contributed by atoms with Crippen molar-refractivity contribution >= 4 is 57.8 Å². The molecule has 2 aromatic rings. The number of thioether (sulfide) groups is 1. The molecule has 0 aliphatic carbocycles. The van der Waals surface area contributed by atoms with Crippen LogP contribution in [0.3, 0.4) is 0 Å². The highest BCUT2D eigenvalue weighted by Crippen LogP contribution is 2.33. The van der Waals surface area contributed by atoms with Crippen molar-refractivity contribution in [2.75, 3.05) is 23.1 Å². The van der Waals surface area contributed by atoms with Crippen LogP contribution < -0.4 is 15.4 Å². The van der Waals surface area contributed by atoms with Crippen molar-refractivity contribution in [1.82, 2.24) is 4.90 Å². The van der Waals surface area contributed by atoms with Crippen molar-refractivity contribution in [1.29, 1.82) is 0 Å². The molecule has 0 atom stereocenters. The second-order valence-corrected chi connectivity index (χ2v) is 11.6. The average molecular weight is 653 g/mol. The molecule has 1 aliphatic heterocycles. The fourth-order valence-electron chi connectivity index (χ4n) is 4.72. The third-order valence-corrected chi connectivity index (χ3v) is 8.27. The number of urea groups is 1. The van der Waals surface area contributed by atoms with Crippen molar-refractivity contribution in [2.24, 2.45) is 0 Å². The summed E-state index contributed by atoms with van der Waals surface area (Å²) in [4.78, 5) is 15.1. The lowest BCUT2D eigenvalue weighted by Gasteiger charge is -2.19. The first-order chi connectivity index (χ1) is 19.1. The maximum absolute atomic E-state index is 12.8. The Morgan fingerprint density at radius 2 is 1.57 bits per heavy atom. The van der Waals surface area contributed by atoms with Crippen molar-refractivity contribution < 1.29 is 9.53 Å². The number of benzene rings is 2. The minimum Gasteiger partial charge on any atom is -0.490 e. The smallest absolute Gasteiger partial charge is 0.323 e. The molecule has 2 N–H and O–H groups in total. The molecule has 0 radical (unpaired) electrons. The molecule has 8 heteroatoms. The van der Waals surface area contributed by atoms with Crippen molar-refractivity contribution in [2.45, 2.75) is 97.4 Å². The molecule has 222 valence electrons. The van der Waals surface area contributed by atoms with Crippen molar-refractivity contribution in [3.63, 3.8) is 0 Å². The van der Waals surface area contributed by atoms with Gasteiger partial charge in [-0.3, -0.25) is 0 Å². The van der Waals surface area contributed by atoms with Crippen LogP contribution in [0, 0.1) is 0 Å². The zero-order valence-corrected chi connectivity index (χ0v) is 27.5. The zero-order chi connectivity index (χ0) is 27.7. The number of carbonyl (C=O) groups excluding carboxylic acids is 1. The summed E-state index contributed by atoms with van der Waals surface area (Å²) in [7, 11) is 0. The van der Waals surface area contributed by atoms with Gasteiger partial charge in [0.2, 0.25) is 0 Å². The molecule has 0 aromatic heterocycles. The fourth-order valence-corrected chi connectivity index (χ4v) is 5.89. The third kappa shape index (κ3) is 12.8. The van der Waals surface area contributed by atoms with Crippen molar-refractivity contribution in [3.8, 4) is 5.75 Å². The van der Waals surface area contributed by atoms with E-state index in [1.807, 2.05) is 30.3 Å². The summed E-state index contributed by atoms with van der Waals surface area (Å²) in [5.74, 6) is 1.49. The van der Waals surface area contributed by atoms with Crippen LogP contribution in [0.1, 0.15) is 96.5 Å². The number of nitrogens with zero attached hydrogens (tertiary/aromatic N) is 1. The van der Waals surface area contributed by atoms with E-state index in [-0.39, 0.29) is 23.0 Å². The van der Waals surface area contributed by atoms with Crippen LogP contribution in [0.4, 0.5) is 16.2 Å². The summed E-state index contributed by atoms with van der Waals surface area (Å²) in [6.07, 6.45) is 15.6. The zero-order valence-electron chi connectivity index (χ0n) is 24.2. The third-order valence-electron chi connectivity index (χ3n) is 7.00. The highest BCUT2D eigenvalue weighted by molar-refractivity contribution is 8.93. The van der Waals surface area contributed by atoms with Crippen LogP contribution in [0.15, 0.2) is 53.6 Å². The molecule has 0 spiro atoms. The monoisotopic (exact) mass is 651 g/mol. The number of rotatable bonds is 18. The Balaban J connectivity index is 0.00000560. The molecular weight excluding hydrogens is 606 g/mol. The Bertz CT molecular complexity index is 1050. The van der Waals surface area contributed by atoms with Gasteiger partial charge in [0.1, 0.15) is 0 Å². The second kappa shape index (κ2) is 20.1. The number of nitrogens with one attached hydrogen (secondary N) is 2. The summed E-state index contributed by atoms with van der Waals surface area (Å²) in [5.41, 5.74) is 3.75. The largest absolute Gasteiger partial charge is 0.490 e. The van der Waals surface area contributed by atoms with Crippen LogP contribution in [-0.2, 0) is 6.54 Å². The number of halogens is 2. The first kappa shape index (κ1) is 34.4. The molecule has 0 saturated carbocycles. The van der Waals surface area contributed by atoms with E-state index in [0.717, 1.165) is 36.5 Å². The Labute approximate surface area is 261 Å². The van der Waals surface area contributed by atoms with Crippen LogP contribution in [0.2, 0.25) is 5.02 Å². The van der Waals surface area contributed by atoms with Gasteiger partial charge in [0.15, 0.2) is 5.75 Å². The van der Waals surface area contributed by atoms with Crippen molar-refractivity contribution in [3.05, 3.63) is 64.2 Å². The molecule has 0 saturated heterocycles. The van der Waals surface area contributed by atoms with E-state index in [1.54, 1.807) is 17.8 Å². The molecule has 0 unspecified atom stereocenters. The molecule has 1 aliphatic rings. The van der Waals surface area contributed by atoms with Crippen LogP contribution in [0.25, 0.3) is 0 Å². The maximum Gasteiger partial charge on any atom is 0.323 e. The molecule has 5 nitrogen and oxygen atoms in total. The fraction of sp³-hybridized carbons (Fsp3) is 0.531. The predicted octanol–water partition coefficient (Wildman–Crippen LogP) is 11.0. The van der Waals surface area contributed by atoms with Gasteiger partial charge >= 0.3 is 6.03 Å². The minimum absolute atomic E-state index is 0. The second-order valence-electron chi connectivity index (χ2n) is 10.4. The first-order valence-electron chi connectivity index (χ1n) is 14.7. The molecule has 0 bridgehead atoms. The van der Waals surface area contributed by atoms with Crippen LogP contribution in [-0.4, -0.2) is 23.4 Å². The number of carbonyl (C=O) groups is 1. The minimum atomic E-state index is -0.322. The molecule has 2 amide bonds. The highest BCUT2D eigenvalue weighted by atomic mass is 79.9. The Morgan fingerprint density at radius 3 is 2.23 bits per heavy atom. The van der Waals surface area contributed by atoms with E-state index < -0.39 is 0 Å². The Morgan fingerprint density at radius 1 is 0.925 bits per heavy atom. The van der Waals surface area contributed by atoms with Gasteiger partial charge in [-0.05, 0) is 48.6 Å². The van der Waals surface area contributed by atoms with Crippen LogP contribution >= 0.6 is 40.3 Å². The van der Waals surface area contributed by atoms with Gasteiger partial charge in [-0.1, -0.05) is 107 Å². The van der Waals surface area contributed by atoms with E-state index in [1.165, 1.54) is 69.9 Å². The van der Waals surface area contributed by atoms with Gasteiger partial charge in [-0.15, -0.1) is 28.7 Å². The summed E-state index contributed by atoms with van der Waals surface area (Å²) >= 11 is 8.23. The number of ether oxygens (including phenoxy) is 1. The normalized spacial score (nSPS) is 12.6. The number of hydrogen-bond donors (Lipinski definition) is 2. The number of anilines is 2. The Hall–Kier alpha value is -1.83. The van der Waals surface area contributed by atoms with Gasteiger partial charge in [0.25, 0.3) is 0 Å². The lowest BCUT2D eigenvalue weighted by atomic mass is 10.1. The number of unbranched alkanes of at least 4 members (excludes halogenated alkanes) is 11. The van der Waals surface area contributed by atoms with Gasteiger partial charge in [0.05, 0.1) is 23.2 Å². The number of hydrogen-bond acceptors (Lipinski definition) is 4. The quantitative estimate of drug-likeness (QED) is 0.157. The number of para-hydroxylation sites is 1. The Kier molecular flexibility index (Phi) is 17.3. The number of amides is 2. The maximum atomic E-state index is 12.8. The van der Waals surface area contributed by atoms with E-state index in [9.17, 15) is 4.79 Å². The molecule has 40 heavy (non-hydrogen) atoms. The lowest BCUT2D eigenvalue weighted by Crippen LogP contribution is -2.20. The van der Waals surface area contributed by atoms with E-state index in [0.29, 0.717) is 23.1 Å². The lowest BCUT2D eigenvalue weighted by molar-refractivity contribution is 0.261. The molecule has 1 heterocycles. The standard InChI is InChI=1S/C32H46ClN3O2S.BrH/c1-3-4-5-6-7-8-9-10-11-12-13-14-21-38-31-29(33)19-16-20-30(31)35-32(37)34-28-18-15-17-27(22-28)23-36-25-39-24-26(36)2;/h15-20,22,24H,3-14,21,23,25H2,1-2H3,(H2,34,35,37);1H. The van der Waals surface area contributed by atoms with Gasteiger partial charge in [-0.2, -0.15) is 0 Å². The highest BCUT2D eigenvalue weighted by Gasteiger charge is 2.14. The predicted molar refractivity (Wildman–Crippen MR) is 179 cm³/mol. The molecular formula is C32H47BrClN3O2S. The van der Waals surface area contributed by atoms with E-state index in [2.05, 4.69) is 40.9 Å². The topological polar surface area (TPSA) is 53.6 Å². The van der Waals surface area contributed by atoms with E-state index >= 15 is 0 Å². The first-order valence-corrected chi connectivity index (χ1v) is 16.1. The summed E-state index contributed by atoms with van der Waals surface area (Å²) in [6.45, 7) is 5.79. The average Bonchev–Trinajstić information content (AvgIpc) is 3.32.